The molecular weight excluding hydrogens is 312 g/mol. The lowest BCUT2D eigenvalue weighted by molar-refractivity contribution is 0.274. The van der Waals surface area contributed by atoms with E-state index in [0.29, 0.717) is 0 Å². The zero-order chi connectivity index (χ0) is 17.0. The first kappa shape index (κ1) is 17.0. The van der Waals surface area contributed by atoms with Gasteiger partial charge in [0.15, 0.2) is 17.4 Å². The van der Waals surface area contributed by atoms with Crippen molar-refractivity contribution in [2.75, 3.05) is 5.73 Å². The molecule has 2 N–H and O–H groups in total. The molecule has 0 bridgehead atoms. The molecule has 2 nitrogen and oxygen atoms in total. The van der Waals surface area contributed by atoms with Gasteiger partial charge in [-0.1, -0.05) is 55.9 Å². The van der Waals surface area contributed by atoms with Crippen molar-refractivity contribution in [1.29, 1.82) is 0 Å². The minimum atomic E-state index is -1.66. The number of halogens is 2. The first-order chi connectivity index (χ1) is 10.8. The molecule has 2 rings (SSSR count). The van der Waals surface area contributed by atoms with Gasteiger partial charge < -0.3 is 10.5 Å². The molecule has 0 spiro atoms. The van der Waals surface area contributed by atoms with Crippen LogP contribution in [0.2, 0.25) is 19.6 Å². The maximum absolute atomic E-state index is 14.3. The maximum Gasteiger partial charge on any atom is 0.193 e. The normalized spacial score (nSPS) is 10.8. The zero-order valence-corrected chi connectivity index (χ0v) is 14.4. The molecule has 0 aliphatic carbocycles. The van der Waals surface area contributed by atoms with Gasteiger partial charge in [0, 0.05) is 0 Å². The summed E-state index contributed by atoms with van der Waals surface area (Å²) in [5, 5.41) is 0. The summed E-state index contributed by atoms with van der Waals surface area (Å²) < 4.78 is 33.7. The molecule has 5 heteroatoms. The van der Waals surface area contributed by atoms with E-state index >= 15 is 0 Å². The average Bonchev–Trinajstić information content (AvgIpc) is 2.49. The smallest absolute Gasteiger partial charge is 0.193 e. The standard InChI is InChI=1S/C18H19F2NOSi/c1-23(2,3)10-9-14-11-15(19)18(16(20)17(14)21)22-12-13-7-5-4-6-8-13/h4-8,11H,12,21H2,1-3H3. The summed E-state index contributed by atoms with van der Waals surface area (Å²) >= 11 is 0. The summed E-state index contributed by atoms with van der Waals surface area (Å²) in [5.74, 6) is 0.618. The number of nitrogens with two attached hydrogens (primary N) is 1. The van der Waals surface area contributed by atoms with Crippen LogP contribution in [0.15, 0.2) is 36.4 Å². The molecule has 2 aromatic rings. The van der Waals surface area contributed by atoms with Crippen LogP contribution in [0.4, 0.5) is 14.5 Å². The van der Waals surface area contributed by atoms with Gasteiger partial charge in [0.25, 0.3) is 0 Å². The summed E-state index contributed by atoms with van der Waals surface area (Å²) in [5.41, 5.74) is 9.58. The minimum absolute atomic E-state index is 0.0635. The number of anilines is 1. The molecule has 0 aliphatic heterocycles. The Kier molecular flexibility index (Phi) is 5.07. The quantitative estimate of drug-likeness (QED) is 0.515. The predicted octanol–water partition coefficient (Wildman–Crippen LogP) is 4.35. The fourth-order valence-electron chi connectivity index (χ4n) is 1.84. The number of ether oxygens (including phenoxy) is 1. The summed E-state index contributed by atoms with van der Waals surface area (Å²) in [7, 11) is -1.66. The highest BCUT2D eigenvalue weighted by Gasteiger charge is 2.18. The van der Waals surface area contributed by atoms with Crippen molar-refractivity contribution < 1.29 is 13.5 Å². The van der Waals surface area contributed by atoms with Crippen molar-refractivity contribution in [3.05, 3.63) is 59.2 Å². The molecule has 0 saturated heterocycles. The SMILES string of the molecule is C[Si](C)(C)C#Cc1cc(F)c(OCc2ccccc2)c(F)c1N. The molecule has 0 fully saturated rings. The van der Waals surface area contributed by atoms with E-state index in [4.69, 9.17) is 10.5 Å². The van der Waals surface area contributed by atoms with E-state index in [-0.39, 0.29) is 17.9 Å². The van der Waals surface area contributed by atoms with Crippen LogP contribution in [0.1, 0.15) is 11.1 Å². The first-order valence-electron chi connectivity index (χ1n) is 7.25. The molecule has 0 saturated carbocycles. The second-order valence-electron chi connectivity index (χ2n) is 6.24. The molecule has 0 radical (unpaired) electrons. The maximum atomic E-state index is 14.3. The molecule has 0 aromatic heterocycles. The van der Waals surface area contributed by atoms with Crippen LogP contribution in [-0.4, -0.2) is 8.07 Å². The van der Waals surface area contributed by atoms with Crippen molar-refractivity contribution in [2.45, 2.75) is 26.2 Å². The summed E-state index contributed by atoms with van der Waals surface area (Å²) in [4.78, 5) is 0. The van der Waals surface area contributed by atoms with E-state index in [1.165, 1.54) is 0 Å². The summed E-state index contributed by atoms with van der Waals surface area (Å²) in [6, 6.07) is 10.3. The molecule has 0 heterocycles. The van der Waals surface area contributed by atoms with Crippen LogP contribution in [0.3, 0.4) is 0 Å². The van der Waals surface area contributed by atoms with Gasteiger partial charge >= 0.3 is 0 Å². The lowest BCUT2D eigenvalue weighted by Crippen LogP contribution is -2.16. The van der Waals surface area contributed by atoms with Crippen LogP contribution in [-0.2, 0) is 6.61 Å². The number of hydrogen-bond donors (Lipinski definition) is 1. The lowest BCUT2D eigenvalue weighted by Gasteiger charge is -2.11. The second kappa shape index (κ2) is 6.84. The van der Waals surface area contributed by atoms with Crippen molar-refractivity contribution in [3.63, 3.8) is 0 Å². The Balaban J connectivity index is 2.28. The van der Waals surface area contributed by atoms with Crippen molar-refractivity contribution in [2.24, 2.45) is 0 Å². The lowest BCUT2D eigenvalue weighted by atomic mass is 10.1. The van der Waals surface area contributed by atoms with Gasteiger partial charge in [-0.2, -0.15) is 0 Å². The fraction of sp³-hybridized carbons (Fsp3) is 0.222. The molecule has 0 aliphatic rings. The molecule has 0 unspecified atom stereocenters. The summed E-state index contributed by atoms with van der Waals surface area (Å²) in [6.07, 6.45) is 0. The predicted molar refractivity (Wildman–Crippen MR) is 91.8 cm³/mol. The molecule has 0 atom stereocenters. The van der Waals surface area contributed by atoms with Gasteiger partial charge in [-0.25, -0.2) is 8.78 Å². The van der Waals surface area contributed by atoms with E-state index < -0.39 is 25.5 Å². The Morgan fingerprint density at radius 2 is 1.78 bits per heavy atom. The first-order valence-corrected chi connectivity index (χ1v) is 10.8. The van der Waals surface area contributed by atoms with Crippen molar-refractivity contribution in [1.82, 2.24) is 0 Å². The fourth-order valence-corrected chi connectivity index (χ4v) is 2.35. The van der Waals surface area contributed by atoms with Crippen LogP contribution >= 0.6 is 0 Å². The largest absolute Gasteiger partial charge is 0.483 e. The molecular formula is C18H19F2NOSi. The van der Waals surface area contributed by atoms with Gasteiger partial charge in [-0.05, 0) is 11.6 Å². The highest BCUT2D eigenvalue weighted by Crippen LogP contribution is 2.30. The van der Waals surface area contributed by atoms with Gasteiger partial charge in [-0.15, -0.1) is 5.54 Å². The minimum Gasteiger partial charge on any atom is -0.483 e. The van der Waals surface area contributed by atoms with Crippen LogP contribution in [0.25, 0.3) is 0 Å². The van der Waals surface area contributed by atoms with E-state index in [2.05, 4.69) is 11.5 Å². The number of hydrogen-bond acceptors (Lipinski definition) is 2. The zero-order valence-electron chi connectivity index (χ0n) is 13.4. The second-order valence-corrected chi connectivity index (χ2v) is 11.0. The Morgan fingerprint density at radius 1 is 1.13 bits per heavy atom. The van der Waals surface area contributed by atoms with Crippen LogP contribution < -0.4 is 10.5 Å². The van der Waals surface area contributed by atoms with Gasteiger partial charge in [0.05, 0.1) is 11.3 Å². The van der Waals surface area contributed by atoms with E-state index in [1.807, 2.05) is 50.0 Å². The molecule has 120 valence electrons. The van der Waals surface area contributed by atoms with Crippen LogP contribution in [0.5, 0.6) is 5.75 Å². The van der Waals surface area contributed by atoms with Crippen LogP contribution in [0, 0.1) is 23.1 Å². The van der Waals surface area contributed by atoms with Gasteiger partial charge in [-0.3, -0.25) is 0 Å². The Labute approximate surface area is 136 Å². The third-order valence-corrected chi connectivity index (χ3v) is 3.89. The van der Waals surface area contributed by atoms with E-state index in [1.54, 1.807) is 0 Å². The molecule has 2 aromatic carbocycles. The van der Waals surface area contributed by atoms with Crippen molar-refractivity contribution in [3.8, 4) is 17.2 Å². The molecule has 23 heavy (non-hydrogen) atoms. The Hall–Kier alpha value is -2.32. The number of nitrogen functional groups attached to an aromatic ring is 1. The highest BCUT2D eigenvalue weighted by atomic mass is 28.3. The number of benzene rings is 2. The van der Waals surface area contributed by atoms with E-state index in [0.717, 1.165) is 11.6 Å². The molecule has 0 amide bonds. The highest BCUT2D eigenvalue weighted by molar-refractivity contribution is 6.83. The Morgan fingerprint density at radius 3 is 2.39 bits per heavy atom. The van der Waals surface area contributed by atoms with Gasteiger partial charge in [0.2, 0.25) is 0 Å². The third kappa shape index (κ3) is 4.57. The summed E-state index contributed by atoms with van der Waals surface area (Å²) in [6.45, 7) is 6.19. The third-order valence-electron chi connectivity index (χ3n) is 3.01. The topological polar surface area (TPSA) is 35.2 Å². The van der Waals surface area contributed by atoms with Crippen molar-refractivity contribution >= 4 is 13.8 Å². The number of rotatable bonds is 3. The Bertz CT molecular complexity index is 759. The monoisotopic (exact) mass is 331 g/mol. The van der Waals surface area contributed by atoms with Gasteiger partial charge in [0.1, 0.15) is 14.7 Å². The van der Waals surface area contributed by atoms with E-state index in [9.17, 15) is 8.78 Å². The average molecular weight is 331 g/mol.